The van der Waals surface area contributed by atoms with Crippen molar-refractivity contribution in [2.24, 2.45) is 11.8 Å². The molecule has 0 spiro atoms. The summed E-state index contributed by atoms with van der Waals surface area (Å²) in [6.45, 7) is 12.9. The number of sulfonamides is 1. The van der Waals surface area contributed by atoms with Gasteiger partial charge in [0.2, 0.25) is 5.88 Å². The van der Waals surface area contributed by atoms with E-state index in [1.165, 1.54) is 31.7 Å². The molecule has 3 aliphatic rings. The first-order valence-corrected chi connectivity index (χ1v) is 21.6. The molecule has 5 heterocycles. The Hall–Kier alpha value is -3.45. The van der Waals surface area contributed by atoms with Crippen LogP contribution in [-0.2, 0) is 10.0 Å². The molecule has 2 N–H and O–H groups in total. The van der Waals surface area contributed by atoms with Gasteiger partial charge in [-0.2, -0.15) is 8.42 Å². The van der Waals surface area contributed by atoms with Crippen LogP contribution in [0.15, 0.2) is 41.6 Å². The fourth-order valence-electron chi connectivity index (χ4n) is 7.18. The summed E-state index contributed by atoms with van der Waals surface area (Å²) in [6, 6.07) is 8.48. The molecule has 2 fully saturated rings. The molecule has 46 heavy (non-hydrogen) atoms. The minimum atomic E-state index is -4.26. The van der Waals surface area contributed by atoms with Gasteiger partial charge in [0.1, 0.15) is 11.6 Å². The Labute approximate surface area is 273 Å². The number of ether oxygens (including phenoxy) is 1. The molecule has 248 valence electrons. The van der Waals surface area contributed by atoms with E-state index in [9.17, 15) is 13.2 Å². The third-order valence-corrected chi connectivity index (χ3v) is 12.8. The van der Waals surface area contributed by atoms with Gasteiger partial charge in [-0.25, -0.2) is 19.4 Å². The summed E-state index contributed by atoms with van der Waals surface area (Å²) in [5.74, 6) is 2.51. The molecule has 6 rings (SSSR count). The van der Waals surface area contributed by atoms with Crippen molar-refractivity contribution in [1.82, 2.24) is 24.5 Å². The first-order chi connectivity index (χ1) is 21.8. The predicted octanol–water partition coefficient (Wildman–Crippen LogP) is 5.10. The van der Waals surface area contributed by atoms with Crippen LogP contribution in [-0.4, -0.2) is 67.4 Å². The highest BCUT2D eigenvalue weighted by molar-refractivity contribution is 7.90. The smallest absolute Gasteiger partial charge is 0.281 e. The number of anilines is 2. The van der Waals surface area contributed by atoms with Crippen LogP contribution in [0.3, 0.4) is 0 Å². The van der Waals surface area contributed by atoms with Crippen LogP contribution in [0.2, 0.25) is 19.6 Å². The van der Waals surface area contributed by atoms with Gasteiger partial charge >= 0.3 is 0 Å². The minimum absolute atomic E-state index is 0.212. The van der Waals surface area contributed by atoms with Crippen molar-refractivity contribution in [3.63, 3.8) is 0 Å². The maximum Gasteiger partial charge on any atom is 0.281 e. The molecule has 0 radical (unpaired) electrons. The van der Waals surface area contributed by atoms with Crippen molar-refractivity contribution < 1.29 is 17.9 Å². The fraction of sp³-hybridized carbons (Fsp3) is 0.576. The van der Waals surface area contributed by atoms with Crippen molar-refractivity contribution in [1.29, 1.82) is 0 Å². The lowest BCUT2D eigenvalue weighted by Gasteiger charge is -2.35. The molecular weight excluding hydrogens is 619 g/mol. The maximum absolute atomic E-state index is 14.1. The summed E-state index contributed by atoms with van der Waals surface area (Å²) in [4.78, 5) is 25.8. The van der Waals surface area contributed by atoms with E-state index in [0.29, 0.717) is 48.9 Å². The summed E-state index contributed by atoms with van der Waals surface area (Å²) >= 11 is 0. The number of rotatable bonds is 6. The van der Waals surface area contributed by atoms with Gasteiger partial charge in [0.15, 0.2) is 10.8 Å². The molecule has 0 aromatic carbocycles. The van der Waals surface area contributed by atoms with Gasteiger partial charge in [0, 0.05) is 30.9 Å². The zero-order chi connectivity index (χ0) is 32.7. The SMILES string of the molecule is CC1(C)CC2CCCNc3cccc(n3)S(=O)(=O)NC(=O)c3cc([Si](C)(C)C)c(-n4ccc(OCCC5CCCC5)n4)nc3N1C2. The Morgan fingerprint density at radius 2 is 1.83 bits per heavy atom. The maximum atomic E-state index is 14.1. The second kappa shape index (κ2) is 12.6. The monoisotopic (exact) mass is 665 g/mol. The number of fused-ring (bicyclic) bond motifs is 6. The number of carbonyl (C=O) groups is 1. The third-order valence-electron chi connectivity index (χ3n) is 9.60. The lowest BCUT2D eigenvalue weighted by atomic mass is 9.93. The predicted molar refractivity (Wildman–Crippen MR) is 183 cm³/mol. The molecule has 2 aliphatic heterocycles. The molecule has 3 aromatic rings. The van der Waals surface area contributed by atoms with Crippen LogP contribution in [0, 0.1) is 11.8 Å². The Balaban J connectivity index is 1.42. The molecule has 1 amide bonds. The number of pyridine rings is 2. The fourth-order valence-corrected chi connectivity index (χ4v) is 9.53. The molecule has 1 saturated carbocycles. The zero-order valence-electron chi connectivity index (χ0n) is 27.7. The van der Waals surface area contributed by atoms with Gasteiger partial charge in [-0.15, -0.1) is 5.10 Å². The van der Waals surface area contributed by atoms with E-state index in [0.717, 1.165) is 36.8 Å². The van der Waals surface area contributed by atoms with E-state index >= 15 is 0 Å². The van der Waals surface area contributed by atoms with Crippen LogP contribution < -0.4 is 24.9 Å². The van der Waals surface area contributed by atoms with E-state index in [1.807, 2.05) is 18.3 Å². The lowest BCUT2D eigenvalue weighted by Crippen LogP contribution is -2.45. The van der Waals surface area contributed by atoms with E-state index in [4.69, 9.17) is 14.8 Å². The van der Waals surface area contributed by atoms with Crippen LogP contribution in [0.5, 0.6) is 5.88 Å². The van der Waals surface area contributed by atoms with E-state index in [1.54, 1.807) is 16.8 Å². The zero-order valence-corrected chi connectivity index (χ0v) is 29.5. The molecule has 13 heteroatoms. The van der Waals surface area contributed by atoms with Gasteiger partial charge < -0.3 is 15.0 Å². The number of amides is 1. The highest BCUT2D eigenvalue weighted by Crippen LogP contribution is 2.40. The highest BCUT2D eigenvalue weighted by atomic mass is 32.2. The van der Waals surface area contributed by atoms with Gasteiger partial charge in [0.25, 0.3) is 15.9 Å². The summed E-state index contributed by atoms with van der Waals surface area (Å²) in [5.41, 5.74) is -0.0683. The molecule has 3 aromatic heterocycles. The third kappa shape index (κ3) is 6.95. The molecule has 1 saturated heterocycles. The standard InChI is InChI=1S/C33H47N7O4SSi/c1-33(2)21-24-12-9-17-34-27-13-8-14-29(35-27)45(42,43)38-32(41)25-20-26(46(3,4)5)31(36-30(25)39(33)22-24)40-18-15-28(37-40)44-19-16-23-10-6-7-11-23/h8,13-15,18,20,23-24H,6-7,9-12,16-17,19,21-22H2,1-5H3,(H,34,35)(H,38,41). The first kappa shape index (κ1) is 32.5. The number of nitrogens with zero attached hydrogens (tertiary/aromatic N) is 5. The average molecular weight is 666 g/mol. The van der Waals surface area contributed by atoms with Crippen LogP contribution in [0.25, 0.3) is 5.82 Å². The molecule has 1 atom stereocenters. The van der Waals surface area contributed by atoms with Crippen molar-refractivity contribution in [2.75, 3.05) is 29.9 Å². The second-order valence-corrected chi connectivity index (χ2v) is 21.4. The Morgan fingerprint density at radius 3 is 2.59 bits per heavy atom. The van der Waals surface area contributed by atoms with Crippen LogP contribution in [0.4, 0.5) is 11.6 Å². The van der Waals surface area contributed by atoms with Crippen molar-refractivity contribution in [3.05, 3.63) is 42.1 Å². The van der Waals surface area contributed by atoms with Gasteiger partial charge in [-0.05, 0) is 74.8 Å². The molecule has 1 aliphatic carbocycles. The van der Waals surface area contributed by atoms with E-state index in [-0.39, 0.29) is 16.1 Å². The summed E-state index contributed by atoms with van der Waals surface area (Å²) < 4.78 is 37.1. The van der Waals surface area contributed by atoms with E-state index in [2.05, 4.69) is 53.4 Å². The van der Waals surface area contributed by atoms with Crippen LogP contribution >= 0.6 is 0 Å². The number of aromatic nitrogens is 4. The molecule has 1 unspecified atom stereocenters. The van der Waals surface area contributed by atoms with Gasteiger partial charge in [0.05, 0.1) is 20.2 Å². The molecule has 4 bridgehead atoms. The summed E-state index contributed by atoms with van der Waals surface area (Å²) in [5, 5.41) is 8.72. The van der Waals surface area contributed by atoms with Crippen molar-refractivity contribution >= 4 is 40.8 Å². The number of hydrogen-bond acceptors (Lipinski definition) is 9. The lowest BCUT2D eigenvalue weighted by molar-refractivity contribution is 0.0981. The quantitative estimate of drug-likeness (QED) is 0.346. The normalized spacial score (nSPS) is 21.5. The van der Waals surface area contributed by atoms with Gasteiger partial charge in [-0.1, -0.05) is 51.4 Å². The van der Waals surface area contributed by atoms with Gasteiger partial charge in [-0.3, -0.25) is 4.79 Å². The number of hydrogen-bond donors (Lipinski definition) is 2. The topological polar surface area (TPSA) is 131 Å². The Morgan fingerprint density at radius 1 is 1.04 bits per heavy atom. The Kier molecular flexibility index (Phi) is 8.92. The minimum Gasteiger partial charge on any atom is -0.477 e. The van der Waals surface area contributed by atoms with Crippen LogP contribution in [0.1, 0.15) is 75.6 Å². The molecule has 11 nitrogen and oxygen atoms in total. The summed E-state index contributed by atoms with van der Waals surface area (Å²) in [6.07, 6.45) is 10.9. The largest absolute Gasteiger partial charge is 0.477 e. The number of carbonyl (C=O) groups excluding carboxylic acids is 1. The highest BCUT2D eigenvalue weighted by Gasteiger charge is 2.42. The van der Waals surface area contributed by atoms with Crippen molar-refractivity contribution in [3.8, 4) is 11.7 Å². The second-order valence-electron chi connectivity index (χ2n) is 14.7. The average Bonchev–Trinajstić information content (AvgIpc) is 3.74. The van der Waals surface area contributed by atoms with Crippen molar-refractivity contribution in [2.45, 2.75) is 95.4 Å². The molecular formula is C33H47N7O4SSi. The summed E-state index contributed by atoms with van der Waals surface area (Å²) in [7, 11) is -6.41. The number of nitrogens with one attached hydrogen (secondary N) is 2. The first-order valence-electron chi connectivity index (χ1n) is 16.6. The van der Waals surface area contributed by atoms with E-state index < -0.39 is 24.0 Å². The Bertz CT molecular complexity index is 1700.